The molecule has 3 rings (SSSR count). The van der Waals surface area contributed by atoms with Crippen LogP contribution in [0.2, 0.25) is 0 Å². The van der Waals surface area contributed by atoms with Crippen molar-refractivity contribution in [3.63, 3.8) is 0 Å². The lowest BCUT2D eigenvalue weighted by atomic mass is 9.84. The zero-order valence-electron chi connectivity index (χ0n) is 14.1. The van der Waals surface area contributed by atoms with Gasteiger partial charge >= 0.3 is 6.18 Å². The summed E-state index contributed by atoms with van der Waals surface area (Å²) in [4.78, 5) is 13.1. The second-order valence-corrected chi connectivity index (χ2v) is 6.20. The molecular formula is C22H17F3O. The van der Waals surface area contributed by atoms with Crippen molar-refractivity contribution < 1.29 is 18.0 Å². The molecule has 0 spiro atoms. The van der Waals surface area contributed by atoms with Crippen molar-refractivity contribution in [2.24, 2.45) is 0 Å². The molecule has 0 heterocycles. The molecule has 4 heteroatoms. The summed E-state index contributed by atoms with van der Waals surface area (Å²) in [7, 11) is 0. The van der Waals surface area contributed by atoms with Gasteiger partial charge in [-0.05, 0) is 24.1 Å². The second-order valence-electron chi connectivity index (χ2n) is 6.20. The van der Waals surface area contributed by atoms with Crippen molar-refractivity contribution in [2.45, 2.75) is 19.0 Å². The molecule has 0 bridgehead atoms. The number of aryl methyl sites for hydroxylation is 1. The number of hydrogen-bond donors (Lipinski definition) is 0. The Kier molecular flexibility index (Phi) is 4.94. The molecule has 0 amide bonds. The van der Waals surface area contributed by atoms with Gasteiger partial charge < -0.3 is 0 Å². The third kappa shape index (κ3) is 3.85. The topological polar surface area (TPSA) is 17.1 Å². The summed E-state index contributed by atoms with van der Waals surface area (Å²) < 4.78 is 39.4. The van der Waals surface area contributed by atoms with Gasteiger partial charge in [0, 0.05) is 5.56 Å². The van der Waals surface area contributed by atoms with Gasteiger partial charge in [0.25, 0.3) is 0 Å². The average Bonchev–Trinajstić information content (AvgIpc) is 2.64. The Bertz CT molecular complexity index is 897. The number of carbonyl (C=O) groups excluding carboxylic acids is 1. The number of carbonyl (C=O) groups is 1. The van der Waals surface area contributed by atoms with E-state index in [4.69, 9.17) is 0 Å². The van der Waals surface area contributed by atoms with E-state index < -0.39 is 17.7 Å². The fraction of sp³-hybridized carbons (Fsp3) is 0.136. The molecule has 26 heavy (non-hydrogen) atoms. The van der Waals surface area contributed by atoms with Gasteiger partial charge in [-0.15, -0.1) is 0 Å². The largest absolute Gasteiger partial charge is 0.416 e. The number of hydrogen-bond acceptors (Lipinski definition) is 1. The minimum Gasteiger partial charge on any atom is -0.293 e. The molecule has 132 valence electrons. The summed E-state index contributed by atoms with van der Waals surface area (Å²) in [6.45, 7) is 1.92. The Labute approximate surface area is 150 Å². The summed E-state index contributed by atoms with van der Waals surface area (Å²) in [6, 6.07) is 20.9. The average molecular weight is 354 g/mol. The molecule has 3 aromatic rings. The molecule has 1 nitrogen and oxygen atoms in total. The van der Waals surface area contributed by atoms with Crippen LogP contribution in [-0.4, -0.2) is 5.78 Å². The number of ketones is 1. The minimum atomic E-state index is -4.45. The highest BCUT2D eigenvalue weighted by atomic mass is 19.4. The SMILES string of the molecule is Cc1ccc(C(C(=O)c2ccccc2)c2cccc(C(F)(F)F)c2)cc1. The van der Waals surface area contributed by atoms with Crippen LogP contribution < -0.4 is 0 Å². The highest BCUT2D eigenvalue weighted by Crippen LogP contribution is 2.34. The van der Waals surface area contributed by atoms with Gasteiger partial charge in [0.15, 0.2) is 5.78 Å². The smallest absolute Gasteiger partial charge is 0.293 e. The van der Waals surface area contributed by atoms with E-state index >= 15 is 0 Å². The number of halogens is 3. The molecule has 1 unspecified atom stereocenters. The number of benzene rings is 3. The van der Waals surface area contributed by atoms with E-state index in [1.54, 1.807) is 48.5 Å². The normalized spacial score (nSPS) is 12.6. The Morgan fingerprint density at radius 2 is 1.46 bits per heavy atom. The van der Waals surface area contributed by atoms with Crippen LogP contribution in [0.15, 0.2) is 78.9 Å². The molecule has 0 aliphatic carbocycles. The third-order valence-corrected chi connectivity index (χ3v) is 4.28. The molecule has 0 aromatic heterocycles. The number of rotatable bonds is 4. The van der Waals surface area contributed by atoms with Crippen LogP contribution in [0.3, 0.4) is 0 Å². The summed E-state index contributed by atoms with van der Waals surface area (Å²) in [5.41, 5.74) is 1.73. The van der Waals surface area contributed by atoms with E-state index in [1.165, 1.54) is 6.07 Å². The molecule has 0 aliphatic heterocycles. The lowest BCUT2D eigenvalue weighted by Gasteiger charge is -2.19. The quantitative estimate of drug-likeness (QED) is 0.523. The molecule has 0 aliphatic rings. The van der Waals surface area contributed by atoms with Crippen molar-refractivity contribution >= 4 is 5.78 Å². The predicted molar refractivity (Wildman–Crippen MR) is 95.2 cm³/mol. The third-order valence-electron chi connectivity index (χ3n) is 4.28. The van der Waals surface area contributed by atoms with Crippen LogP contribution in [-0.2, 0) is 6.18 Å². The van der Waals surface area contributed by atoms with Gasteiger partial charge in [0.05, 0.1) is 11.5 Å². The monoisotopic (exact) mass is 354 g/mol. The van der Waals surface area contributed by atoms with E-state index in [1.807, 2.05) is 19.1 Å². The van der Waals surface area contributed by atoms with Gasteiger partial charge in [-0.3, -0.25) is 4.79 Å². The summed E-state index contributed by atoms with van der Waals surface area (Å²) in [5, 5.41) is 0. The zero-order chi connectivity index (χ0) is 18.7. The van der Waals surface area contributed by atoms with E-state index in [0.29, 0.717) is 16.7 Å². The lowest BCUT2D eigenvalue weighted by molar-refractivity contribution is -0.137. The standard InChI is InChI=1S/C22H17F3O/c1-15-10-12-16(13-11-15)20(21(26)17-6-3-2-4-7-17)18-8-5-9-19(14-18)22(23,24)25/h2-14,20H,1H3. The van der Waals surface area contributed by atoms with Crippen LogP contribution in [0, 0.1) is 6.92 Å². The molecule has 0 fully saturated rings. The molecule has 0 saturated heterocycles. The molecule has 3 aromatic carbocycles. The minimum absolute atomic E-state index is 0.228. The second kappa shape index (κ2) is 7.16. The van der Waals surface area contributed by atoms with E-state index in [2.05, 4.69) is 0 Å². The molecular weight excluding hydrogens is 337 g/mol. The van der Waals surface area contributed by atoms with Crippen molar-refractivity contribution in [1.29, 1.82) is 0 Å². The van der Waals surface area contributed by atoms with Crippen molar-refractivity contribution in [2.75, 3.05) is 0 Å². The zero-order valence-corrected chi connectivity index (χ0v) is 14.1. The number of alkyl halides is 3. The maximum Gasteiger partial charge on any atom is 0.416 e. The summed E-state index contributed by atoms with van der Waals surface area (Å²) in [5.74, 6) is -1.02. The Hall–Kier alpha value is -2.88. The van der Waals surface area contributed by atoms with Gasteiger partial charge in [-0.2, -0.15) is 13.2 Å². The molecule has 1 atom stereocenters. The molecule has 0 saturated carbocycles. The fourth-order valence-electron chi connectivity index (χ4n) is 2.92. The van der Waals surface area contributed by atoms with Crippen molar-refractivity contribution in [3.8, 4) is 0 Å². The first-order chi connectivity index (χ1) is 12.4. The molecule has 0 radical (unpaired) electrons. The predicted octanol–water partition coefficient (Wildman–Crippen LogP) is 6.03. The van der Waals surface area contributed by atoms with Gasteiger partial charge in [0.1, 0.15) is 0 Å². The Morgan fingerprint density at radius 1 is 0.808 bits per heavy atom. The fourth-order valence-corrected chi connectivity index (χ4v) is 2.92. The van der Waals surface area contributed by atoms with E-state index in [9.17, 15) is 18.0 Å². The lowest BCUT2D eigenvalue weighted by Crippen LogP contribution is -2.16. The van der Waals surface area contributed by atoms with Gasteiger partial charge in [0.2, 0.25) is 0 Å². The maximum atomic E-state index is 13.1. The first kappa shape index (κ1) is 17.9. The van der Waals surface area contributed by atoms with Gasteiger partial charge in [-0.25, -0.2) is 0 Å². The first-order valence-corrected chi connectivity index (χ1v) is 8.19. The highest BCUT2D eigenvalue weighted by molar-refractivity contribution is 6.03. The van der Waals surface area contributed by atoms with Crippen molar-refractivity contribution in [1.82, 2.24) is 0 Å². The van der Waals surface area contributed by atoms with Crippen LogP contribution in [0.1, 0.15) is 38.5 Å². The highest BCUT2D eigenvalue weighted by Gasteiger charge is 2.32. The van der Waals surface area contributed by atoms with E-state index in [0.717, 1.165) is 17.7 Å². The summed E-state index contributed by atoms with van der Waals surface area (Å²) >= 11 is 0. The first-order valence-electron chi connectivity index (χ1n) is 8.19. The van der Waals surface area contributed by atoms with Crippen LogP contribution >= 0.6 is 0 Å². The van der Waals surface area contributed by atoms with Crippen LogP contribution in [0.25, 0.3) is 0 Å². The van der Waals surface area contributed by atoms with Crippen LogP contribution in [0.4, 0.5) is 13.2 Å². The number of Topliss-reactive ketones (excluding diaryl/α,β-unsaturated/α-hetero) is 1. The maximum absolute atomic E-state index is 13.1. The molecule has 0 N–H and O–H groups in total. The Morgan fingerprint density at radius 3 is 2.08 bits per heavy atom. The van der Waals surface area contributed by atoms with Gasteiger partial charge in [-0.1, -0.05) is 78.4 Å². The van der Waals surface area contributed by atoms with Crippen LogP contribution in [0.5, 0.6) is 0 Å². The van der Waals surface area contributed by atoms with Crippen molar-refractivity contribution in [3.05, 3.63) is 107 Å². The summed E-state index contributed by atoms with van der Waals surface area (Å²) in [6.07, 6.45) is -4.45. The van der Waals surface area contributed by atoms with E-state index in [-0.39, 0.29) is 5.78 Å². The Balaban J connectivity index is 2.12.